The molecular formula is C40H60O8. The van der Waals surface area contributed by atoms with Crippen LogP contribution in [0.2, 0.25) is 0 Å². The summed E-state index contributed by atoms with van der Waals surface area (Å²) in [6.45, 7) is 15.9. The zero-order chi connectivity index (χ0) is 35.9. The molecule has 0 N–H and O–H groups in total. The van der Waals surface area contributed by atoms with Gasteiger partial charge in [-0.3, -0.25) is 19.2 Å². The van der Waals surface area contributed by atoms with Crippen molar-refractivity contribution >= 4 is 23.9 Å². The summed E-state index contributed by atoms with van der Waals surface area (Å²) in [5.74, 6) is 0.123. The number of esters is 4. The third-order valence-corrected chi connectivity index (χ3v) is 8.06. The highest BCUT2D eigenvalue weighted by molar-refractivity contribution is 5.77. The lowest BCUT2D eigenvalue weighted by Gasteiger charge is -2.13. The fourth-order valence-corrected chi connectivity index (χ4v) is 4.58. The van der Waals surface area contributed by atoms with Gasteiger partial charge < -0.3 is 18.9 Å². The van der Waals surface area contributed by atoms with E-state index in [1.807, 2.05) is 27.7 Å². The number of benzene rings is 2. The van der Waals surface area contributed by atoms with E-state index in [9.17, 15) is 19.2 Å². The Bertz CT molecular complexity index is 1060. The molecule has 0 saturated carbocycles. The highest BCUT2D eigenvalue weighted by Gasteiger charge is 2.19. The highest BCUT2D eigenvalue weighted by Crippen LogP contribution is 2.24. The van der Waals surface area contributed by atoms with E-state index in [1.54, 1.807) is 48.5 Å². The number of carbonyl (C=O) groups is 4. The first-order valence-electron chi connectivity index (χ1n) is 18.0. The standard InChI is InChI=1S/2C20H30O4/c2*1-5-7-10-15(3)19(21)23-17-12-9-13-18(14-17)24-20(22)16(4)11-8-6-2/h2*9,12-16H,5-8,10-11H2,1-4H3. The van der Waals surface area contributed by atoms with E-state index in [2.05, 4.69) is 27.7 Å². The lowest BCUT2D eigenvalue weighted by atomic mass is 10.1. The predicted octanol–water partition coefficient (Wildman–Crippen LogP) is 10.3. The van der Waals surface area contributed by atoms with Crippen LogP contribution in [0.4, 0.5) is 0 Å². The number of carbonyl (C=O) groups excluding carboxylic acids is 4. The Morgan fingerprint density at radius 3 is 0.833 bits per heavy atom. The van der Waals surface area contributed by atoms with Gasteiger partial charge in [-0.05, 0) is 49.9 Å². The van der Waals surface area contributed by atoms with Crippen molar-refractivity contribution in [2.24, 2.45) is 23.7 Å². The number of ether oxygens (including phenoxy) is 4. The minimum Gasteiger partial charge on any atom is -0.426 e. The largest absolute Gasteiger partial charge is 0.426 e. The van der Waals surface area contributed by atoms with Gasteiger partial charge in [0.25, 0.3) is 0 Å². The van der Waals surface area contributed by atoms with Gasteiger partial charge in [0.2, 0.25) is 0 Å². The fraction of sp³-hybridized carbons (Fsp3) is 0.600. The van der Waals surface area contributed by atoms with E-state index in [0.29, 0.717) is 23.0 Å². The van der Waals surface area contributed by atoms with Crippen molar-refractivity contribution in [1.29, 1.82) is 0 Å². The summed E-state index contributed by atoms with van der Waals surface area (Å²) < 4.78 is 21.6. The van der Waals surface area contributed by atoms with Crippen molar-refractivity contribution in [3.05, 3.63) is 48.5 Å². The van der Waals surface area contributed by atoms with Crippen LogP contribution in [0.1, 0.15) is 132 Å². The number of rotatable bonds is 20. The highest BCUT2D eigenvalue weighted by atomic mass is 16.6. The minimum absolute atomic E-state index is 0.134. The smallest absolute Gasteiger partial charge is 0.314 e. The van der Waals surface area contributed by atoms with E-state index in [-0.39, 0.29) is 47.5 Å². The van der Waals surface area contributed by atoms with Gasteiger partial charge in [0.1, 0.15) is 23.0 Å². The molecule has 8 nitrogen and oxygen atoms in total. The molecule has 0 radical (unpaired) electrons. The first-order chi connectivity index (χ1) is 22.9. The number of hydrogen-bond donors (Lipinski definition) is 0. The second kappa shape index (κ2) is 24.5. The molecule has 2 aromatic carbocycles. The number of unbranched alkanes of at least 4 members (excludes halogenated alkanes) is 4. The Morgan fingerprint density at radius 1 is 0.438 bits per heavy atom. The summed E-state index contributed by atoms with van der Waals surface area (Å²) in [6.07, 6.45) is 11.5. The molecule has 4 atom stereocenters. The molecule has 0 aliphatic carbocycles. The van der Waals surface area contributed by atoms with Crippen LogP contribution < -0.4 is 18.9 Å². The zero-order valence-electron chi connectivity index (χ0n) is 30.7. The maximum atomic E-state index is 12.0. The molecule has 0 amide bonds. The molecule has 268 valence electrons. The third-order valence-electron chi connectivity index (χ3n) is 8.06. The predicted molar refractivity (Wildman–Crippen MR) is 190 cm³/mol. The first kappa shape index (κ1) is 42.3. The van der Waals surface area contributed by atoms with Gasteiger partial charge in [0, 0.05) is 12.1 Å². The fourth-order valence-electron chi connectivity index (χ4n) is 4.58. The normalized spacial score (nSPS) is 13.2. The Hall–Kier alpha value is -3.68. The van der Waals surface area contributed by atoms with Gasteiger partial charge in [-0.2, -0.15) is 0 Å². The van der Waals surface area contributed by atoms with Crippen LogP contribution in [0.3, 0.4) is 0 Å². The zero-order valence-corrected chi connectivity index (χ0v) is 30.7. The summed E-state index contributed by atoms with van der Waals surface area (Å²) in [5, 5.41) is 0. The Kier molecular flexibility index (Phi) is 21.6. The van der Waals surface area contributed by atoms with Crippen molar-refractivity contribution < 1.29 is 38.1 Å². The van der Waals surface area contributed by atoms with Gasteiger partial charge >= 0.3 is 23.9 Å². The lowest BCUT2D eigenvalue weighted by Crippen LogP contribution is -2.19. The molecule has 0 aromatic heterocycles. The quantitative estimate of drug-likeness (QED) is 0.101. The number of hydrogen-bond acceptors (Lipinski definition) is 8. The molecular weight excluding hydrogens is 608 g/mol. The Balaban J connectivity index is 0.000000480. The van der Waals surface area contributed by atoms with Crippen molar-refractivity contribution in [3.8, 4) is 23.0 Å². The molecule has 2 aromatic rings. The summed E-state index contributed by atoms with van der Waals surface area (Å²) in [5.41, 5.74) is 0. The van der Waals surface area contributed by atoms with E-state index < -0.39 is 0 Å². The minimum atomic E-state index is -0.247. The molecule has 48 heavy (non-hydrogen) atoms. The van der Waals surface area contributed by atoms with Crippen molar-refractivity contribution in [1.82, 2.24) is 0 Å². The molecule has 2 rings (SSSR count). The molecule has 0 saturated heterocycles. The second-order valence-electron chi connectivity index (χ2n) is 12.8. The van der Waals surface area contributed by atoms with Crippen molar-refractivity contribution in [2.45, 2.75) is 132 Å². The summed E-state index contributed by atoms with van der Waals surface area (Å²) >= 11 is 0. The van der Waals surface area contributed by atoms with Gasteiger partial charge in [-0.1, -0.05) is 119 Å². The monoisotopic (exact) mass is 668 g/mol. The van der Waals surface area contributed by atoms with Crippen LogP contribution in [0.25, 0.3) is 0 Å². The van der Waals surface area contributed by atoms with Crippen molar-refractivity contribution in [2.75, 3.05) is 0 Å². The SMILES string of the molecule is CCCCC(C)C(=O)Oc1cccc(OC(=O)C(C)CCCC)c1.CCCCC(C)C(=O)Oc1cccc(OC(=O)C(C)CCCC)c1. The molecule has 0 fully saturated rings. The molecule has 0 heterocycles. The van der Waals surface area contributed by atoms with Gasteiger partial charge in [0.15, 0.2) is 0 Å². The average Bonchev–Trinajstić information content (AvgIpc) is 3.07. The van der Waals surface area contributed by atoms with Crippen LogP contribution in [0.15, 0.2) is 48.5 Å². The van der Waals surface area contributed by atoms with Crippen LogP contribution in [-0.2, 0) is 19.2 Å². The topological polar surface area (TPSA) is 105 Å². The van der Waals surface area contributed by atoms with E-state index in [4.69, 9.17) is 18.9 Å². The second-order valence-corrected chi connectivity index (χ2v) is 12.8. The molecule has 0 spiro atoms. The van der Waals surface area contributed by atoms with Crippen LogP contribution in [-0.4, -0.2) is 23.9 Å². The van der Waals surface area contributed by atoms with Gasteiger partial charge in [0.05, 0.1) is 23.7 Å². The van der Waals surface area contributed by atoms with Crippen LogP contribution in [0, 0.1) is 23.7 Å². The van der Waals surface area contributed by atoms with Gasteiger partial charge in [-0.15, -0.1) is 0 Å². The van der Waals surface area contributed by atoms with Gasteiger partial charge in [-0.25, -0.2) is 0 Å². The first-order valence-corrected chi connectivity index (χ1v) is 18.0. The third kappa shape index (κ3) is 17.5. The Morgan fingerprint density at radius 2 is 0.646 bits per heavy atom. The summed E-state index contributed by atoms with van der Waals surface area (Å²) in [4.78, 5) is 48.2. The van der Waals surface area contributed by atoms with E-state index in [0.717, 1.165) is 77.0 Å². The average molecular weight is 669 g/mol. The molecule has 0 aliphatic heterocycles. The lowest BCUT2D eigenvalue weighted by molar-refractivity contribution is -0.140. The van der Waals surface area contributed by atoms with Crippen LogP contribution in [0.5, 0.6) is 23.0 Å². The maximum Gasteiger partial charge on any atom is 0.314 e. The summed E-state index contributed by atoms with van der Waals surface area (Å²) in [7, 11) is 0. The molecule has 0 bridgehead atoms. The van der Waals surface area contributed by atoms with E-state index in [1.165, 1.54) is 0 Å². The van der Waals surface area contributed by atoms with Crippen molar-refractivity contribution in [3.63, 3.8) is 0 Å². The van der Waals surface area contributed by atoms with Crippen LogP contribution >= 0.6 is 0 Å². The summed E-state index contributed by atoms with van der Waals surface area (Å²) in [6, 6.07) is 13.4. The Labute approximate surface area is 289 Å². The van der Waals surface area contributed by atoms with E-state index >= 15 is 0 Å². The molecule has 0 aliphatic rings. The molecule has 8 heteroatoms. The molecule has 4 unspecified atom stereocenters. The maximum absolute atomic E-state index is 12.0.